The van der Waals surface area contributed by atoms with E-state index in [1.807, 2.05) is 17.5 Å². The molecule has 2 aromatic rings. The first-order valence-electron chi connectivity index (χ1n) is 3.54. The summed E-state index contributed by atoms with van der Waals surface area (Å²) < 4.78 is 1.87. The number of rotatable bonds is 1. The van der Waals surface area contributed by atoms with Gasteiger partial charge in [-0.25, -0.2) is 0 Å². The third-order valence-corrected chi connectivity index (χ3v) is 4.12. The van der Waals surface area contributed by atoms with Crippen molar-refractivity contribution in [3.05, 3.63) is 32.6 Å². The summed E-state index contributed by atoms with van der Waals surface area (Å²) in [6.45, 7) is 0. The van der Waals surface area contributed by atoms with Gasteiger partial charge in [0.15, 0.2) is 6.29 Å². The zero-order valence-electron chi connectivity index (χ0n) is 6.38. The van der Waals surface area contributed by atoms with E-state index in [4.69, 9.17) is 11.6 Å². The number of carbonyl (C=O) groups excluding carboxylic acids is 1. The van der Waals surface area contributed by atoms with E-state index < -0.39 is 0 Å². The fraction of sp³-hybridized carbons (Fsp3) is 0. The van der Waals surface area contributed by atoms with E-state index in [1.54, 1.807) is 11.3 Å². The van der Waals surface area contributed by atoms with Gasteiger partial charge >= 0.3 is 0 Å². The molecule has 1 aromatic heterocycles. The second-order valence-electron chi connectivity index (χ2n) is 2.54. The molecule has 0 spiro atoms. The van der Waals surface area contributed by atoms with Gasteiger partial charge in [0.05, 0.1) is 5.02 Å². The maximum atomic E-state index is 10.7. The van der Waals surface area contributed by atoms with Gasteiger partial charge in [0, 0.05) is 25.5 Å². The van der Waals surface area contributed by atoms with Gasteiger partial charge in [-0.15, -0.1) is 11.3 Å². The predicted molar refractivity (Wildman–Crippen MR) is 59.9 cm³/mol. The van der Waals surface area contributed by atoms with Gasteiger partial charge in [-0.3, -0.25) is 4.79 Å². The van der Waals surface area contributed by atoms with E-state index in [2.05, 4.69) is 15.9 Å². The van der Waals surface area contributed by atoms with Crippen LogP contribution in [0.3, 0.4) is 0 Å². The lowest BCUT2D eigenvalue weighted by Gasteiger charge is -1.97. The lowest BCUT2D eigenvalue weighted by molar-refractivity contribution is 0.112. The smallest absolute Gasteiger partial charge is 0.151 e. The van der Waals surface area contributed by atoms with Gasteiger partial charge in [-0.1, -0.05) is 11.6 Å². The number of halogens is 2. The predicted octanol–water partition coefficient (Wildman–Crippen LogP) is 4.13. The molecular formula is C9H4BrClOS. The number of carbonyl (C=O) groups is 1. The molecule has 1 heterocycles. The average molecular weight is 276 g/mol. The minimum Gasteiger partial charge on any atom is -0.298 e. The summed E-state index contributed by atoms with van der Waals surface area (Å²) in [7, 11) is 0. The van der Waals surface area contributed by atoms with Crippen LogP contribution >= 0.6 is 38.9 Å². The molecular weight excluding hydrogens is 272 g/mol. The highest BCUT2D eigenvalue weighted by atomic mass is 79.9. The van der Waals surface area contributed by atoms with Gasteiger partial charge in [-0.05, 0) is 28.1 Å². The maximum absolute atomic E-state index is 10.7. The van der Waals surface area contributed by atoms with Crippen molar-refractivity contribution in [3.63, 3.8) is 0 Å². The molecule has 0 radical (unpaired) electrons. The Morgan fingerprint density at radius 3 is 2.92 bits per heavy atom. The molecule has 0 N–H and O–H groups in total. The zero-order chi connectivity index (χ0) is 9.42. The Hall–Kier alpha value is -0.380. The molecule has 0 amide bonds. The topological polar surface area (TPSA) is 17.1 Å². The first kappa shape index (κ1) is 9.19. The van der Waals surface area contributed by atoms with Crippen LogP contribution in [0.5, 0.6) is 0 Å². The van der Waals surface area contributed by atoms with Crippen LogP contribution in [0.1, 0.15) is 10.4 Å². The fourth-order valence-electron chi connectivity index (χ4n) is 1.17. The van der Waals surface area contributed by atoms with E-state index in [0.29, 0.717) is 10.6 Å². The van der Waals surface area contributed by atoms with Crippen molar-refractivity contribution in [2.45, 2.75) is 0 Å². The molecule has 0 fully saturated rings. The van der Waals surface area contributed by atoms with Crippen molar-refractivity contribution in [2.75, 3.05) is 0 Å². The number of aldehydes is 1. The minimum absolute atomic E-state index is 0.633. The molecule has 0 unspecified atom stereocenters. The molecule has 0 aliphatic rings. The van der Waals surface area contributed by atoms with Crippen LogP contribution < -0.4 is 0 Å². The Kier molecular flexibility index (Phi) is 2.41. The highest BCUT2D eigenvalue weighted by Gasteiger charge is 2.09. The van der Waals surface area contributed by atoms with E-state index in [-0.39, 0.29) is 0 Å². The molecule has 1 aromatic carbocycles. The highest BCUT2D eigenvalue weighted by Crippen LogP contribution is 2.36. The van der Waals surface area contributed by atoms with Crippen molar-refractivity contribution in [1.82, 2.24) is 0 Å². The van der Waals surface area contributed by atoms with Crippen molar-refractivity contribution < 1.29 is 4.79 Å². The van der Waals surface area contributed by atoms with Crippen LogP contribution in [-0.2, 0) is 0 Å². The summed E-state index contributed by atoms with van der Waals surface area (Å²) in [4.78, 5) is 10.7. The first-order chi connectivity index (χ1) is 6.24. The zero-order valence-corrected chi connectivity index (χ0v) is 9.54. The third-order valence-electron chi connectivity index (χ3n) is 1.79. The average Bonchev–Trinajstić information content (AvgIpc) is 2.55. The molecule has 0 atom stereocenters. The molecule has 0 saturated carbocycles. The summed E-state index contributed by atoms with van der Waals surface area (Å²) in [5.41, 5.74) is 0.689. The lowest BCUT2D eigenvalue weighted by Crippen LogP contribution is -1.77. The summed E-state index contributed by atoms with van der Waals surface area (Å²) in [6, 6.07) is 3.74. The number of fused-ring (bicyclic) bond motifs is 1. The number of hydrogen-bond acceptors (Lipinski definition) is 2. The largest absolute Gasteiger partial charge is 0.298 e. The molecule has 4 heteroatoms. The SMILES string of the molecule is O=Cc1csc2ccc(Cl)c(Br)c12. The summed E-state index contributed by atoms with van der Waals surface area (Å²) in [6.07, 6.45) is 0.847. The van der Waals surface area contributed by atoms with Crippen molar-refractivity contribution in [1.29, 1.82) is 0 Å². The molecule has 13 heavy (non-hydrogen) atoms. The van der Waals surface area contributed by atoms with Crippen LogP contribution in [0.25, 0.3) is 10.1 Å². The van der Waals surface area contributed by atoms with Crippen LogP contribution in [0.2, 0.25) is 5.02 Å². The van der Waals surface area contributed by atoms with Gasteiger partial charge in [0.1, 0.15) is 0 Å². The monoisotopic (exact) mass is 274 g/mol. The Bertz CT molecular complexity index is 478. The highest BCUT2D eigenvalue weighted by molar-refractivity contribution is 9.10. The molecule has 0 bridgehead atoms. The Morgan fingerprint density at radius 1 is 1.46 bits per heavy atom. The van der Waals surface area contributed by atoms with Gasteiger partial charge < -0.3 is 0 Å². The van der Waals surface area contributed by atoms with Crippen molar-refractivity contribution >= 4 is 55.2 Å². The Balaban J connectivity index is 2.93. The summed E-state index contributed by atoms with van der Waals surface area (Å²) in [5.74, 6) is 0. The number of thiophene rings is 1. The number of benzene rings is 1. The van der Waals surface area contributed by atoms with Gasteiger partial charge in [-0.2, -0.15) is 0 Å². The van der Waals surface area contributed by atoms with Gasteiger partial charge in [0.2, 0.25) is 0 Å². The van der Waals surface area contributed by atoms with Crippen molar-refractivity contribution in [2.24, 2.45) is 0 Å². The van der Waals surface area contributed by atoms with Gasteiger partial charge in [0.25, 0.3) is 0 Å². The van der Waals surface area contributed by atoms with Crippen LogP contribution in [-0.4, -0.2) is 6.29 Å². The standard InChI is InChI=1S/C9H4BrClOS/c10-9-6(11)1-2-7-8(9)5(3-12)4-13-7/h1-4H. The van der Waals surface area contributed by atoms with E-state index >= 15 is 0 Å². The van der Waals surface area contributed by atoms with Crippen LogP contribution in [0, 0.1) is 0 Å². The van der Waals surface area contributed by atoms with E-state index in [1.165, 1.54) is 0 Å². The minimum atomic E-state index is 0.633. The molecule has 0 aliphatic heterocycles. The maximum Gasteiger partial charge on any atom is 0.151 e. The Labute approximate surface area is 92.5 Å². The summed E-state index contributed by atoms with van der Waals surface area (Å²) in [5, 5.41) is 3.38. The van der Waals surface area contributed by atoms with E-state index in [9.17, 15) is 4.79 Å². The molecule has 1 nitrogen and oxygen atoms in total. The quantitative estimate of drug-likeness (QED) is 0.715. The Morgan fingerprint density at radius 2 is 2.23 bits per heavy atom. The molecule has 2 rings (SSSR count). The second-order valence-corrected chi connectivity index (χ2v) is 4.65. The fourth-order valence-corrected chi connectivity index (χ4v) is 2.95. The first-order valence-corrected chi connectivity index (χ1v) is 5.59. The normalized spacial score (nSPS) is 10.6. The van der Waals surface area contributed by atoms with Crippen LogP contribution in [0.15, 0.2) is 22.0 Å². The molecule has 66 valence electrons. The van der Waals surface area contributed by atoms with E-state index in [0.717, 1.165) is 20.8 Å². The second kappa shape index (κ2) is 3.40. The lowest BCUT2D eigenvalue weighted by atomic mass is 10.2. The van der Waals surface area contributed by atoms with Crippen molar-refractivity contribution in [3.8, 4) is 0 Å². The third kappa shape index (κ3) is 1.41. The summed E-state index contributed by atoms with van der Waals surface area (Å²) >= 11 is 10.8. The molecule has 0 saturated heterocycles. The molecule has 0 aliphatic carbocycles. The van der Waals surface area contributed by atoms with Crippen LogP contribution in [0.4, 0.5) is 0 Å². The number of hydrogen-bond donors (Lipinski definition) is 0.